The Hall–Kier alpha value is -0.770. The molecule has 1 atom stereocenters. The normalized spacial score (nSPS) is 19.3. The monoisotopic (exact) mass is 288 g/mol. The van der Waals surface area contributed by atoms with Crippen LogP contribution in [-0.4, -0.2) is 29.9 Å². The lowest BCUT2D eigenvalue weighted by Crippen LogP contribution is -2.45. The fraction of sp³-hybridized carbons (Fsp3) is 0.462. The second kappa shape index (κ2) is 6.41. The summed E-state index contributed by atoms with van der Waals surface area (Å²) < 4.78 is 0. The van der Waals surface area contributed by atoms with Gasteiger partial charge in [-0.05, 0) is 37.5 Å². The molecule has 5 heteroatoms. The minimum atomic E-state index is 0. The number of hydrogen-bond acceptors (Lipinski definition) is 2. The van der Waals surface area contributed by atoms with Crippen LogP contribution < -0.4 is 5.73 Å². The van der Waals surface area contributed by atoms with Gasteiger partial charge >= 0.3 is 0 Å². The molecule has 0 bridgehead atoms. The maximum absolute atomic E-state index is 12.2. The Kier molecular flexibility index (Phi) is 5.45. The number of rotatable bonds is 1. The summed E-state index contributed by atoms with van der Waals surface area (Å²) in [4.78, 5) is 14.0. The van der Waals surface area contributed by atoms with Crippen molar-refractivity contribution in [2.24, 2.45) is 5.73 Å². The number of carbonyl (C=O) groups is 1. The van der Waals surface area contributed by atoms with Crippen molar-refractivity contribution in [1.82, 2.24) is 4.90 Å². The van der Waals surface area contributed by atoms with Gasteiger partial charge in [0.05, 0.1) is 0 Å². The summed E-state index contributed by atoms with van der Waals surface area (Å²) >= 11 is 6.03. The average molecular weight is 289 g/mol. The minimum absolute atomic E-state index is 0. The zero-order valence-electron chi connectivity index (χ0n) is 10.4. The number of likely N-dealkylation sites (tertiary alicyclic amines) is 1. The molecule has 1 heterocycles. The number of hydrogen-bond donors (Lipinski definition) is 1. The average Bonchev–Trinajstić information content (AvgIpc) is 2.32. The van der Waals surface area contributed by atoms with Crippen molar-refractivity contribution in [3.05, 3.63) is 34.3 Å². The van der Waals surface area contributed by atoms with Gasteiger partial charge in [-0.2, -0.15) is 0 Å². The number of nitrogens with zero attached hydrogens (tertiary/aromatic N) is 1. The van der Waals surface area contributed by atoms with Crippen LogP contribution in [0.3, 0.4) is 0 Å². The zero-order chi connectivity index (χ0) is 12.4. The van der Waals surface area contributed by atoms with Gasteiger partial charge in [0.25, 0.3) is 5.91 Å². The van der Waals surface area contributed by atoms with E-state index in [2.05, 4.69) is 0 Å². The van der Waals surface area contributed by atoms with Gasteiger partial charge in [-0.3, -0.25) is 4.79 Å². The molecule has 2 N–H and O–H groups in total. The van der Waals surface area contributed by atoms with Gasteiger partial charge in [0.1, 0.15) is 0 Å². The summed E-state index contributed by atoms with van der Waals surface area (Å²) in [5.74, 6) is 0.0297. The van der Waals surface area contributed by atoms with Gasteiger partial charge < -0.3 is 10.6 Å². The highest BCUT2D eigenvalue weighted by molar-refractivity contribution is 6.31. The highest BCUT2D eigenvalue weighted by Gasteiger charge is 2.22. The molecule has 1 aliphatic rings. The van der Waals surface area contributed by atoms with E-state index in [4.69, 9.17) is 17.3 Å². The van der Waals surface area contributed by atoms with Crippen LogP contribution >= 0.6 is 24.0 Å². The van der Waals surface area contributed by atoms with Gasteiger partial charge in [-0.25, -0.2) is 0 Å². The minimum Gasteiger partial charge on any atom is -0.337 e. The van der Waals surface area contributed by atoms with Crippen LogP contribution in [0.2, 0.25) is 5.02 Å². The molecule has 1 amide bonds. The number of halogens is 2. The summed E-state index contributed by atoms with van der Waals surface area (Å²) in [5, 5.41) is 0.636. The Morgan fingerprint density at radius 1 is 1.50 bits per heavy atom. The molecule has 1 aliphatic heterocycles. The number of amides is 1. The van der Waals surface area contributed by atoms with E-state index in [1.165, 1.54) is 0 Å². The molecule has 0 spiro atoms. The standard InChI is InChI=1S/C13H17ClN2O.ClH/c1-9-4-5-10(7-12(9)14)13(17)16-6-2-3-11(15)8-16;/h4-5,7,11H,2-3,6,8,15H2,1H3;1H. The molecule has 100 valence electrons. The first-order valence-electron chi connectivity index (χ1n) is 5.89. The van der Waals surface area contributed by atoms with Gasteiger partial charge in [0.15, 0.2) is 0 Å². The van der Waals surface area contributed by atoms with Crippen molar-refractivity contribution in [2.75, 3.05) is 13.1 Å². The van der Waals surface area contributed by atoms with E-state index in [1.54, 1.807) is 6.07 Å². The van der Waals surface area contributed by atoms with Crippen LogP contribution in [-0.2, 0) is 0 Å². The molecule has 1 aromatic carbocycles. The van der Waals surface area contributed by atoms with E-state index in [1.807, 2.05) is 24.0 Å². The summed E-state index contributed by atoms with van der Waals surface area (Å²) in [6, 6.07) is 5.54. The summed E-state index contributed by atoms with van der Waals surface area (Å²) in [7, 11) is 0. The van der Waals surface area contributed by atoms with Crippen LogP contribution in [0, 0.1) is 6.92 Å². The lowest BCUT2D eigenvalue weighted by atomic mass is 10.0. The van der Waals surface area contributed by atoms with Crippen molar-refractivity contribution >= 4 is 29.9 Å². The van der Waals surface area contributed by atoms with Crippen LogP contribution in [0.15, 0.2) is 18.2 Å². The van der Waals surface area contributed by atoms with E-state index in [0.29, 0.717) is 17.1 Å². The first-order chi connectivity index (χ1) is 8.08. The fourth-order valence-corrected chi connectivity index (χ4v) is 2.28. The van der Waals surface area contributed by atoms with E-state index in [-0.39, 0.29) is 24.4 Å². The molecule has 1 fully saturated rings. The van der Waals surface area contributed by atoms with Gasteiger partial charge in [-0.15, -0.1) is 12.4 Å². The number of piperidine rings is 1. The van der Waals surface area contributed by atoms with Gasteiger partial charge in [0, 0.05) is 29.7 Å². The Balaban J connectivity index is 0.00000162. The maximum Gasteiger partial charge on any atom is 0.253 e. The molecule has 1 aromatic rings. The Morgan fingerprint density at radius 2 is 2.22 bits per heavy atom. The molecule has 1 unspecified atom stereocenters. The third-order valence-corrected chi connectivity index (χ3v) is 3.57. The van der Waals surface area contributed by atoms with Gasteiger partial charge in [0.2, 0.25) is 0 Å². The fourth-order valence-electron chi connectivity index (χ4n) is 2.10. The topological polar surface area (TPSA) is 46.3 Å². The largest absolute Gasteiger partial charge is 0.337 e. The first kappa shape index (κ1) is 15.3. The van der Waals surface area contributed by atoms with E-state index >= 15 is 0 Å². The summed E-state index contributed by atoms with van der Waals surface area (Å²) in [5.41, 5.74) is 7.51. The van der Waals surface area contributed by atoms with Crippen LogP contribution in [0.5, 0.6) is 0 Å². The highest BCUT2D eigenvalue weighted by atomic mass is 35.5. The lowest BCUT2D eigenvalue weighted by molar-refractivity contribution is 0.0709. The molecule has 0 radical (unpaired) electrons. The van der Waals surface area contributed by atoms with Gasteiger partial charge in [-0.1, -0.05) is 17.7 Å². The van der Waals surface area contributed by atoms with Crippen molar-refractivity contribution in [3.63, 3.8) is 0 Å². The van der Waals surface area contributed by atoms with E-state index in [0.717, 1.165) is 24.9 Å². The Labute approximate surface area is 119 Å². The molecule has 0 aliphatic carbocycles. The summed E-state index contributed by atoms with van der Waals surface area (Å²) in [6.45, 7) is 3.36. The number of nitrogens with two attached hydrogens (primary N) is 1. The Morgan fingerprint density at radius 3 is 2.83 bits per heavy atom. The van der Waals surface area contributed by atoms with Crippen molar-refractivity contribution in [3.8, 4) is 0 Å². The molecule has 2 rings (SSSR count). The maximum atomic E-state index is 12.2. The molecule has 0 saturated carbocycles. The molecule has 0 aromatic heterocycles. The molecule has 1 saturated heterocycles. The second-order valence-corrected chi connectivity index (χ2v) is 5.02. The van der Waals surface area contributed by atoms with Crippen molar-refractivity contribution in [2.45, 2.75) is 25.8 Å². The van der Waals surface area contributed by atoms with Crippen LogP contribution in [0.4, 0.5) is 0 Å². The van der Waals surface area contributed by atoms with E-state index in [9.17, 15) is 4.79 Å². The SMILES string of the molecule is Cc1ccc(C(=O)N2CCCC(N)C2)cc1Cl.Cl. The van der Waals surface area contributed by atoms with E-state index < -0.39 is 0 Å². The second-order valence-electron chi connectivity index (χ2n) is 4.62. The van der Waals surface area contributed by atoms with Crippen LogP contribution in [0.25, 0.3) is 0 Å². The molecule has 3 nitrogen and oxygen atoms in total. The number of aryl methyl sites for hydroxylation is 1. The molecular weight excluding hydrogens is 271 g/mol. The summed E-state index contributed by atoms with van der Waals surface area (Å²) in [6.07, 6.45) is 1.98. The predicted octanol–water partition coefficient (Wildman–Crippen LogP) is 2.63. The Bertz CT molecular complexity index is 437. The third kappa shape index (κ3) is 3.37. The van der Waals surface area contributed by atoms with Crippen LogP contribution in [0.1, 0.15) is 28.8 Å². The number of benzene rings is 1. The quantitative estimate of drug-likeness (QED) is 0.864. The smallest absolute Gasteiger partial charge is 0.253 e. The third-order valence-electron chi connectivity index (χ3n) is 3.16. The zero-order valence-corrected chi connectivity index (χ0v) is 11.9. The van der Waals surface area contributed by atoms with Crippen molar-refractivity contribution < 1.29 is 4.79 Å². The molecule has 18 heavy (non-hydrogen) atoms. The van der Waals surface area contributed by atoms with Crippen molar-refractivity contribution in [1.29, 1.82) is 0 Å². The predicted molar refractivity (Wildman–Crippen MR) is 76.5 cm³/mol. The first-order valence-corrected chi connectivity index (χ1v) is 6.26. The molecular formula is C13H18Cl2N2O. The highest BCUT2D eigenvalue weighted by Crippen LogP contribution is 2.19. The lowest BCUT2D eigenvalue weighted by Gasteiger charge is -2.30. The number of carbonyl (C=O) groups excluding carboxylic acids is 1.